The Morgan fingerprint density at radius 3 is 2.47 bits per heavy atom. The molecule has 1 aliphatic carbocycles. The highest BCUT2D eigenvalue weighted by molar-refractivity contribution is 5.88. The van der Waals surface area contributed by atoms with Crippen LogP contribution in [0.4, 0.5) is 0 Å². The molecule has 0 aromatic rings. The molecule has 0 aliphatic heterocycles. The standard InChI is InChI=1S/C13H22O2/c1-9-6-11(8-13(3,4)7-9)10(2)12(14)15-5/h9,11H,2,6-8H2,1,3-5H3. The van der Waals surface area contributed by atoms with Crippen LogP contribution in [0.1, 0.15) is 40.0 Å². The second kappa shape index (κ2) is 4.38. The zero-order chi connectivity index (χ0) is 11.6. The Morgan fingerprint density at radius 1 is 1.40 bits per heavy atom. The summed E-state index contributed by atoms with van der Waals surface area (Å²) in [5.41, 5.74) is 0.969. The minimum atomic E-state index is -0.245. The first-order chi connectivity index (χ1) is 6.85. The van der Waals surface area contributed by atoms with Gasteiger partial charge >= 0.3 is 5.97 Å². The lowest BCUT2D eigenvalue weighted by atomic mass is 9.66. The van der Waals surface area contributed by atoms with Gasteiger partial charge in [0.15, 0.2) is 0 Å². The quantitative estimate of drug-likeness (QED) is 0.517. The third-order valence-electron chi connectivity index (χ3n) is 3.33. The number of carbonyl (C=O) groups excluding carboxylic acids is 1. The Kier molecular flexibility index (Phi) is 3.58. The monoisotopic (exact) mass is 210 g/mol. The minimum absolute atomic E-state index is 0.245. The molecule has 0 radical (unpaired) electrons. The second-order valence-corrected chi connectivity index (χ2v) is 5.63. The molecule has 2 nitrogen and oxygen atoms in total. The molecular weight excluding hydrogens is 188 g/mol. The summed E-state index contributed by atoms with van der Waals surface area (Å²) in [6.45, 7) is 10.7. The maximum Gasteiger partial charge on any atom is 0.333 e. The van der Waals surface area contributed by atoms with Gasteiger partial charge in [-0.3, -0.25) is 0 Å². The Labute approximate surface area is 92.7 Å². The van der Waals surface area contributed by atoms with E-state index in [4.69, 9.17) is 4.74 Å². The molecular formula is C13H22O2. The molecule has 2 heteroatoms. The molecule has 0 bridgehead atoms. The van der Waals surface area contributed by atoms with Gasteiger partial charge in [-0.05, 0) is 36.5 Å². The molecule has 86 valence electrons. The number of esters is 1. The number of hydrogen-bond donors (Lipinski definition) is 0. The van der Waals surface area contributed by atoms with E-state index < -0.39 is 0 Å². The average molecular weight is 210 g/mol. The van der Waals surface area contributed by atoms with E-state index in [9.17, 15) is 4.79 Å². The molecule has 1 fully saturated rings. The summed E-state index contributed by atoms with van der Waals surface area (Å²) in [6, 6.07) is 0. The maximum atomic E-state index is 11.4. The highest BCUT2D eigenvalue weighted by Gasteiger charge is 2.34. The Morgan fingerprint density at radius 2 is 2.00 bits per heavy atom. The molecule has 2 unspecified atom stereocenters. The number of hydrogen-bond acceptors (Lipinski definition) is 2. The topological polar surface area (TPSA) is 26.3 Å². The molecule has 0 amide bonds. The molecule has 1 aliphatic rings. The third-order valence-corrected chi connectivity index (χ3v) is 3.33. The van der Waals surface area contributed by atoms with Crippen LogP contribution in [0.25, 0.3) is 0 Å². The Bertz CT molecular complexity index is 266. The SMILES string of the molecule is C=C(C(=O)OC)C1CC(C)CC(C)(C)C1. The molecule has 0 aromatic carbocycles. The summed E-state index contributed by atoms with van der Waals surface area (Å²) in [7, 11) is 1.42. The van der Waals surface area contributed by atoms with Crippen molar-refractivity contribution in [3.8, 4) is 0 Å². The first-order valence-corrected chi connectivity index (χ1v) is 5.63. The number of methoxy groups -OCH3 is 1. The number of ether oxygens (including phenoxy) is 1. The lowest BCUT2D eigenvalue weighted by Gasteiger charge is -2.39. The fraction of sp³-hybridized carbons (Fsp3) is 0.769. The van der Waals surface area contributed by atoms with E-state index in [2.05, 4.69) is 27.4 Å². The zero-order valence-electron chi connectivity index (χ0n) is 10.3. The molecule has 15 heavy (non-hydrogen) atoms. The normalized spacial score (nSPS) is 29.6. The van der Waals surface area contributed by atoms with Crippen LogP contribution in [0.15, 0.2) is 12.2 Å². The molecule has 0 saturated heterocycles. The molecule has 0 aromatic heterocycles. The first kappa shape index (κ1) is 12.3. The lowest BCUT2D eigenvalue weighted by Crippen LogP contribution is -2.30. The molecule has 2 atom stereocenters. The van der Waals surface area contributed by atoms with Gasteiger partial charge in [-0.15, -0.1) is 0 Å². The van der Waals surface area contributed by atoms with Gasteiger partial charge in [0.1, 0.15) is 0 Å². The van der Waals surface area contributed by atoms with Gasteiger partial charge in [-0.1, -0.05) is 27.4 Å². The smallest absolute Gasteiger partial charge is 0.333 e. The van der Waals surface area contributed by atoms with Gasteiger partial charge < -0.3 is 4.74 Å². The van der Waals surface area contributed by atoms with Crippen LogP contribution >= 0.6 is 0 Å². The second-order valence-electron chi connectivity index (χ2n) is 5.63. The predicted octanol–water partition coefficient (Wildman–Crippen LogP) is 3.18. The predicted molar refractivity (Wildman–Crippen MR) is 61.4 cm³/mol. The fourth-order valence-corrected chi connectivity index (χ4v) is 2.91. The molecule has 0 spiro atoms. The third kappa shape index (κ3) is 3.08. The first-order valence-electron chi connectivity index (χ1n) is 5.63. The van der Waals surface area contributed by atoms with Crippen LogP contribution in [0.3, 0.4) is 0 Å². The minimum Gasteiger partial charge on any atom is -0.466 e. The van der Waals surface area contributed by atoms with Crippen molar-refractivity contribution in [2.24, 2.45) is 17.3 Å². The summed E-state index contributed by atoms with van der Waals surface area (Å²) in [5.74, 6) is 0.723. The fourth-order valence-electron chi connectivity index (χ4n) is 2.91. The van der Waals surface area contributed by atoms with Gasteiger partial charge in [0.2, 0.25) is 0 Å². The van der Waals surface area contributed by atoms with Gasteiger partial charge in [0.05, 0.1) is 7.11 Å². The van der Waals surface area contributed by atoms with Crippen molar-refractivity contribution in [1.82, 2.24) is 0 Å². The average Bonchev–Trinajstić information content (AvgIpc) is 2.12. The summed E-state index contributed by atoms with van der Waals surface area (Å²) in [4.78, 5) is 11.4. The summed E-state index contributed by atoms with van der Waals surface area (Å²) >= 11 is 0. The summed E-state index contributed by atoms with van der Waals surface area (Å²) in [6.07, 6.45) is 3.35. The lowest BCUT2D eigenvalue weighted by molar-refractivity contribution is -0.137. The van der Waals surface area contributed by atoms with Crippen molar-refractivity contribution >= 4 is 5.97 Å². The van der Waals surface area contributed by atoms with Crippen LogP contribution in [0.5, 0.6) is 0 Å². The van der Waals surface area contributed by atoms with E-state index in [-0.39, 0.29) is 5.97 Å². The van der Waals surface area contributed by atoms with Crippen molar-refractivity contribution in [3.05, 3.63) is 12.2 Å². The van der Waals surface area contributed by atoms with E-state index >= 15 is 0 Å². The number of rotatable bonds is 2. The molecule has 0 N–H and O–H groups in total. The molecule has 1 saturated carbocycles. The van der Waals surface area contributed by atoms with Crippen LogP contribution in [0.2, 0.25) is 0 Å². The van der Waals surface area contributed by atoms with Crippen LogP contribution in [-0.2, 0) is 9.53 Å². The van der Waals surface area contributed by atoms with E-state index in [1.807, 2.05) is 0 Å². The highest BCUT2D eigenvalue weighted by atomic mass is 16.5. The van der Waals surface area contributed by atoms with E-state index in [0.29, 0.717) is 22.8 Å². The molecule has 0 heterocycles. The molecule has 1 rings (SSSR count). The van der Waals surface area contributed by atoms with Gasteiger partial charge in [0.25, 0.3) is 0 Å². The van der Waals surface area contributed by atoms with Crippen LogP contribution in [-0.4, -0.2) is 13.1 Å². The van der Waals surface area contributed by atoms with Crippen molar-refractivity contribution in [2.75, 3.05) is 7.11 Å². The van der Waals surface area contributed by atoms with E-state index in [1.54, 1.807) is 0 Å². The van der Waals surface area contributed by atoms with Crippen LogP contribution in [0, 0.1) is 17.3 Å². The Balaban J connectivity index is 2.70. The van der Waals surface area contributed by atoms with Crippen molar-refractivity contribution in [2.45, 2.75) is 40.0 Å². The maximum absolute atomic E-state index is 11.4. The largest absolute Gasteiger partial charge is 0.466 e. The van der Waals surface area contributed by atoms with Crippen LogP contribution < -0.4 is 0 Å². The van der Waals surface area contributed by atoms with Gasteiger partial charge in [-0.25, -0.2) is 4.79 Å². The van der Waals surface area contributed by atoms with Crippen molar-refractivity contribution in [1.29, 1.82) is 0 Å². The van der Waals surface area contributed by atoms with Gasteiger partial charge in [-0.2, -0.15) is 0 Å². The summed E-state index contributed by atoms with van der Waals surface area (Å²) < 4.78 is 4.73. The van der Waals surface area contributed by atoms with Crippen molar-refractivity contribution in [3.63, 3.8) is 0 Å². The van der Waals surface area contributed by atoms with E-state index in [1.165, 1.54) is 13.5 Å². The van der Waals surface area contributed by atoms with E-state index in [0.717, 1.165) is 12.8 Å². The van der Waals surface area contributed by atoms with Gasteiger partial charge in [0, 0.05) is 5.57 Å². The summed E-state index contributed by atoms with van der Waals surface area (Å²) in [5, 5.41) is 0. The Hall–Kier alpha value is -0.790. The zero-order valence-corrected chi connectivity index (χ0v) is 10.3. The highest BCUT2D eigenvalue weighted by Crippen LogP contribution is 2.44. The number of carbonyl (C=O) groups is 1. The van der Waals surface area contributed by atoms with Crippen molar-refractivity contribution < 1.29 is 9.53 Å².